The Kier molecular flexibility index (Phi) is 55.9. The number of allylic oxidation sites excluding steroid dienone is 16. The normalized spacial score (nSPS) is 12.8. The highest BCUT2D eigenvalue weighted by Gasteiger charge is 2.19. The fraction of sp³-hybridized carbons (Fsp3) is 0.708. The van der Waals surface area contributed by atoms with Crippen LogP contribution in [0.25, 0.3) is 0 Å². The average Bonchev–Trinajstić information content (AvgIpc) is 3.37. The van der Waals surface area contributed by atoms with Gasteiger partial charge in [-0.25, -0.2) is 0 Å². The Hall–Kier alpha value is -3.67. The van der Waals surface area contributed by atoms with Crippen molar-refractivity contribution in [2.45, 2.75) is 284 Å². The van der Waals surface area contributed by atoms with Crippen LogP contribution in [0.15, 0.2) is 97.2 Å². The minimum Gasteiger partial charge on any atom is -0.462 e. The van der Waals surface area contributed by atoms with Gasteiger partial charge < -0.3 is 14.2 Å². The SMILES string of the molecule is CC/C=C\C/C=C\C/C=C\C/C=C\CCCCCCCCCCCCCCCCCCCCC(=O)OCC(COC(=O)CCCCCCCCC)OC(=O)CCCC/C=C\C/C=C\C/C=C\C/C=C\CC. The third-order valence-electron chi connectivity index (χ3n) is 12.6. The molecule has 0 spiro atoms. The number of unbranched alkanes of at least 4 members (excludes halogenated alkanes) is 26. The van der Waals surface area contributed by atoms with E-state index in [1.807, 2.05) is 0 Å². The van der Waals surface area contributed by atoms with Crippen molar-refractivity contribution in [1.82, 2.24) is 0 Å². The van der Waals surface area contributed by atoms with Crippen molar-refractivity contribution in [2.75, 3.05) is 13.2 Å². The number of carbonyl (C=O) groups is 3. The lowest BCUT2D eigenvalue weighted by Gasteiger charge is -2.18. The van der Waals surface area contributed by atoms with Gasteiger partial charge in [0.25, 0.3) is 0 Å². The molecule has 0 amide bonds. The highest BCUT2D eigenvalue weighted by atomic mass is 16.6. The standard InChI is InChI=1S/C65H110O6/c1-4-7-10-13-16-18-20-22-24-25-26-27-28-29-30-31-32-33-34-35-36-37-38-39-41-42-44-46-49-52-55-58-64(67)70-61-62(60-69-63(66)57-54-51-48-15-12-9-6-3)71-65(68)59-56-53-50-47-45-43-40-23-21-19-17-14-11-8-5-2/h7-8,10-11,16-19,22-24,26-27,40,45,47,62H,4-6,9,12-15,20-21,25,28-39,41-44,46,48-61H2,1-3H3/b10-7-,11-8-,18-16-,19-17-,24-22-,27-26-,40-23-,47-45-. The third kappa shape index (κ3) is 57.1. The van der Waals surface area contributed by atoms with Gasteiger partial charge in [-0.3, -0.25) is 14.4 Å². The van der Waals surface area contributed by atoms with Crippen LogP contribution in [0, 0.1) is 0 Å². The first-order chi connectivity index (χ1) is 35.0. The van der Waals surface area contributed by atoms with Gasteiger partial charge in [-0.1, -0.05) is 259 Å². The van der Waals surface area contributed by atoms with Crippen molar-refractivity contribution in [3.8, 4) is 0 Å². The highest BCUT2D eigenvalue weighted by molar-refractivity contribution is 5.71. The Morgan fingerprint density at radius 3 is 0.887 bits per heavy atom. The molecule has 0 aromatic heterocycles. The van der Waals surface area contributed by atoms with Crippen LogP contribution < -0.4 is 0 Å². The average molecular weight is 988 g/mol. The molecule has 0 fully saturated rings. The van der Waals surface area contributed by atoms with Crippen LogP contribution in [0.4, 0.5) is 0 Å². The topological polar surface area (TPSA) is 78.9 Å². The van der Waals surface area contributed by atoms with Crippen LogP contribution in [0.2, 0.25) is 0 Å². The van der Waals surface area contributed by atoms with Gasteiger partial charge in [-0.2, -0.15) is 0 Å². The van der Waals surface area contributed by atoms with Gasteiger partial charge in [-0.15, -0.1) is 0 Å². The molecule has 71 heavy (non-hydrogen) atoms. The first kappa shape index (κ1) is 67.3. The first-order valence-electron chi connectivity index (χ1n) is 29.7. The second-order valence-corrected chi connectivity index (χ2v) is 19.5. The summed E-state index contributed by atoms with van der Waals surface area (Å²) in [7, 11) is 0. The van der Waals surface area contributed by atoms with Crippen molar-refractivity contribution in [3.63, 3.8) is 0 Å². The molecule has 0 saturated carbocycles. The Balaban J connectivity index is 4.07. The summed E-state index contributed by atoms with van der Waals surface area (Å²) < 4.78 is 16.7. The fourth-order valence-corrected chi connectivity index (χ4v) is 8.19. The lowest BCUT2D eigenvalue weighted by Crippen LogP contribution is -2.30. The quantitative estimate of drug-likeness (QED) is 0.0261. The lowest BCUT2D eigenvalue weighted by atomic mass is 10.0. The van der Waals surface area contributed by atoms with E-state index in [1.165, 1.54) is 128 Å². The van der Waals surface area contributed by atoms with Gasteiger partial charge in [0.15, 0.2) is 6.10 Å². The molecule has 0 aliphatic carbocycles. The molecule has 0 saturated heterocycles. The molecule has 0 aliphatic heterocycles. The predicted molar refractivity (Wildman–Crippen MR) is 307 cm³/mol. The Bertz CT molecular complexity index is 1410. The number of esters is 3. The second-order valence-electron chi connectivity index (χ2n) is 19.5. The largest absolute Gasteiger partial charge is 0.462 e. The summed E-state index contributed by atoms with van der Waals surface area (Å²) in [5.41, 5.74) is 0. The van der Waals surface area contributed by atoms with Gasteiger partial charge in [-0.05, 0) is 96.3 Å². The summed E-state index contributed by atoms with van der Waals surface area (Å²) in [4.78, 5) is 37.9. The van der Waals surface area contributed by atoms with Gasteiger partial charge in [0.2, 0.25) is 0 Å². The summed E-state index contributed by atoms with van der Waals surface area (Å²) >= 11 is 0. The van der Waals surface area contributed by atoms with Crippen LogP contribution in [0.5, 0.6) is 0 Å². The fourth-order valence-electron chi connectivity index (χ4n) is 8.19. The smallest absolute Gasteiger partial charge is 0.306 e. The number of carbonyl (C=O) groups excluding carboxylic acids is 3. The molecule has 0 aliphatic rings. The van der Waals surface area contributed by atoms with E-state index in [-0.39, 0.29) is 37.5 Å². The van der Waals surface area contributed by atoms with Crippen LogP contribution in [0.1, 0.15) is 278 Å². The molecule has 0 radical (unpaired) electrons. The van der Waals surface area contributed by atoms with Crippen molar-refractivity contribution in [3.05, 3.63) is 97.2 Å². The van der Waals surface area contributed by atoms with E-state index < -0.39 is 6.10 Å². The molecule has 6 heteroatoms. The zero-order chi connectivity index (χ0) is 51.4. The van der Waals surface area contributed by atoms with E-state index >= 15 is 0 Å². The predicted octanol–water partition coefficient (Wildman–Crippen LogP) is 20.1. The zero-order valence-corrected chi connectivity index (χ0v) is 46.5. The van der Waals surface area contributed by atoms with E-state index in [2.05, 4.69) is 118 Å². The minimum absolute atomic E-state index is 0.0914. The first-order valence-corrected chi connectivity index (χ1v) is 29.7. The number of hydrogen-bond acceptors (Lipinski definition) is 6. The summed E-state index contributed by atoms with van der Waals surface area (Å²) in [6.07, 6.45) is 78.8. The Morgan fingerprint density at radius 2 is 0.549 bits per heavy atom. The number of hydrogen-bond donors (Lipinski definition) is 0. The van der Waals surface area contributed by atoms with E-state index in [0.29, 0.717) is 19.3 Å². The molecule has 0 bridgehead atoms. The molecule has 406 valence electrons. The second kappa shape index (κ2) is 58.9. The van der Waals surface area contributed by atoms with E-state index in [0.717, 1.165) is 103 Å². The number of ether oxygens (including phenoxy) is 3. The van der Waals surface area contributed by atoms with Crippen molar-refractivity contribution in [1.29, 1.82) is 0 Å². The Labute approximate surface area is 438 Å². The lowest BCUT2D eigenvalue weighted by molar-refractivity contribution is -0.167. The maximum atomic E-state index is 12.8. The molecule has 6 nitrogen and oxygen atoms in total. The molecule has 0 heterocycles. The molecule has 0 rings (SSSR count). The summed E-state index contributed by atoms with van der Waals surface area (Å²) in [6.45, 7) is 6.34. The summed E-state index contributed by atoms with van der Waals surface area (Å²) in [5, 5.41) is 0. The van der Waals surface area contributed by atoms with E-state index in [9.17, 15) is 14.4 Å². The van der Waals surface area contributed by atoms with E-state index in [1.54, 1.807) is 0 Å². The summed E-state index contributed by atoms with van der Waals surface area (Å²) in [5.74, 6) is -0.935. The molecule has 1 unspecified atom stereocenters. The zero-order valence-electron chi connectivity index (χ0n) is 46.5. The van der Waals surface area contributed by atoms with Crippen molar-refractivity contribution < 1.29 is 28.6 Å². The van der Waals surface area contributed by atoms with Gasteiger partial charge in [0, 0.05) is 19.3 Å². The number of rotatable bonds is 53. The van der Waals surface area contributed by atoms with Gasteiger partial charge in [0.1, 0.15) is 13.2 Å². The van der Waals surface area contributed by atoms with Crippen LogP contribution in [-0.4, -0.2) is 37.2 Å². The maximum Gasteiger partial charge on any atom is 0.306 e. The molecule has 0 aromatic rings. The monoisotopic (exact) mass is 987 g/mol. The Morgan fingerprint density at radius 1 is 0.296 bits per heavy atom. The van der Waals surface area contributed by atoms with Crippen LogP contribution in [0.3, 0.4) is 0 Å². The van der Waals surface area contributed by atoms with Crippen molar-refractivity contribution in [2.24, 2.45) is 0 Å². The van der Waals surface area contributed by atoms with Crippen molar-refractivity contribution >= 4 is 17.9 Å². The minimum atomic E-state index is -0.794. The van der Waals surface area contributed by atoms with Crippen LogP contribution >= 0.6 is 0 Å². The molecular weight excluding hydrogens is 877 g/mol. The highest BCUT2D eigenvalue weighted by Crippen LogP contribution is 2.16. The molecule has 0 N–H and O–H groups in total. The van der Waals surface area contributed by atoms with Gasteiger partial charge >= 0.3 is 17.9 Å². The summed E-state index contributed by atoms with van der Waals surface area (Å²) in [6, 6.07) is 0. The third-order valence-corrected chi connectivity index (χ3v) is 12.6. The van der Waals surface area contributed by atoms with Crippen LogP contribution in [-0.2, 0) is 28.6 Å². The van der Waals surface area contributed by atoms with Gasteiger partial charge in [0.05, 0.1) is 0 Å². The van der Waals surface area contributed by atoms with E-state index in [4.69, 9.17) is 14.2 Å². The molecule has 0 aromatic carbocycles. The maximum absolute atomic E-state index is 12.8. The molecule has 1 atom stereocenters. The molecular formula is C65H110O6.